The highest BCUT2D eigenvalue weighted by Crippen LogP contribution is 2.31. The van der Waals surface area contributed by atoms with E-state index in [0.717, 1.165) is 18.8 Å². The van der Waals surface area contributed by atoms with Gasteiger partial charge < -0.3 is 10.6 Å². The van der Waals surface area contributed by atoms with Crippen molar-refractivity contribution in [2.75, 3.05) is 13.1 Å². The summed E-state index contributed by atoms with van der Waals surface area (Å²) in [5.41, 5.74) is 7.22. The van der Waals surface area contributed by atoms with Crippen LogP contribution in [0.5, 0.6) is 0 Å². The third-order valence-electron chi connectivity index (χ3n) is 3.16. The van der Waals surface area contributed by atoms with Gasteiger partial charge in [-0.25, -0.2) is 4.98 Å². The van der Waals surface area contributed by atoms with Crippen LogP contribution in [-0.4, -0.2) is 28.9 Å². The van der Waals surface area contributed by atoms with Crippen molar-refractivity contribution in [1.29, 1.82) is 0 Å². The molecule has 1 aliphatic rings. The number of guanidine groups is 1. The maximum atomic E-state index is 6.00. The SMILES string of the molecule is CC(C)CN1C(N)=NCC1c1csc(C(C)(C)C)n1. The van der Waals surface area contributed by atoms with Crippen molar-refractivity contribution in [3.05, 3.63) is 16.1 Å². The second kappa shape index (κ2) is 5.12. The van der Waals surface area contributed by atoms with Crippen molar-refractivity contribution in [1.82, 2.24) is 9.88 Å². The molecule has 2 rings (SSSR count). The second-order valence-corrected chi connectivity index (χ2v) is 7.45. The summed E-state index contributed by atoms with van der Waals surface area (Å²) in [6.07, 6.45) is 0. The molecule has 0 saturated carbocycles. The zero-order valence-corrected chi connectivity index (χ0v) is 13.3. The molecule has 0 bridgehead atoms. The lowest BCUT2D eigenvalue weighted by atomic mass is 9.98. The Labute approximate surface area is 119 Å². The molecule has 0 fully saturated rings. The Hall–Kier alpha value is -1.10. The van der Waals surface area contributed by atoms with Gasteiger partial charge in [-0.2, -0.15) is 0 Å². The van der Waals surface area contributed by atoms with Gasteiger partial charge in [0.05, 0.1) is 23.3 Å². The van der Waals surface area contributed by atoms with Crippen LogP contribution >= 0.6 is 11.3 Å². The maximum absolute atomic E-state index is 6.00. The number of rotatable bonds is 3. The second-order valence-electron chi connectivity index (χ2n) is 6.59. The van der Waals surface area contributed by atoms with Crippen LogP contribution in [0, 0.1) is 5.92 Å². The van der Waals surface area contributed by atoms with E-state index in [-0.39, 0.29) is 11.5 Å². The number of thiazole rings is 1. The Bertz CT molecular complexity index is 470. The minimum atomic E-state index is 0.108. The van der Waals surface area contributed by atoms with Gasteiger partial charge in [0.15, 0.2) is 5.96 Å². The van der Waals surface area contributed by atoms with E-state index in [4.69, 9.17) is 10.7 Å². The molecule has 1 aromatic rings. The molecule has 2 N–H and O–H groups in total. The Balaban J connectivity index is 2.20. The van der Waals surface area contributed by atoms with Crippen LogP contribution < -0.4 is 5.73 Å². The fourth-order valence-electron chi connectivity index (χ4n) is 2.18. The van der Waals surface area contributed by atoms with Gasteiger partial charge in [0.25, 0.3) is 0 Å². The van der Waals surface area contributed by atoms with Crippen molar-refractivity contribution < 1.29 is 0 Å². The quantitative estimate of drug-likeness (QED) is 0.926. The van der Waals surface area contributed by atoms with Crippen LogP contribution in [0.2, 0.25) is 0 Å². The van der Waals surface area contributed by atoms with E-state index in [1.807, 2.05) is 0 Å². The number of nitrogens with zero attached hydrogens (tertiary/aromatic N) is 3. The summed E-state index contributed by atoms with van der Waals surface area (Å²) >= 11 is 1.74. The molecule has 0 saturated heterocycles. The summed E-state index contributed by atoms with van der Waals surface area (Å²) in [6, 6.07) is 0.217. The van der Waals surface area contributed by atoms with E-state index < -0.39 is 0 Å². The van der Waals surface area contributed by atoms with Gasteiger partial charge in [-0.15, -0.1) is 11.3 Å². The molecule has 4 nitrogen and oxygen atoms in total. The summed E-state index contributed by atoms with van der Waals surface area (Å²) < 4.78 is 0. The molecule has 2 heterocycles. The first kappa shape index (κ1) is 14.3. The number of hydrogen-bond acceptors (Lipinski definition) is 5. The molecule has 1 unspecified atom stereocenters. The average Bonchev–Trinajstić information content (AvgIpc) is 2.85. The molecule has 0 aromatic carbocycles. The van der Waals surface area contributed by atoms with Crippen molar-refractivity contribution in [3.63, 3.8) is 0 Å². The van der Waals surface area contributed by atoms with Crippen molar-refractivity contribution in [3.8, 4) is 0 Å². The largest absolute Gasteiger partial charge is 0.370 e. The molecule has 1 atom stereocenters. The predicted octanol–water partition coefficient (Wildman–Crippen LogP) is 2.77. The van der Waals surface area contributed by atoms with Crippen molar-refractivity contribution in [2.45, 2.75) is 46.1 Å². The topological polar surface area (TPSA) is 54.5 Å². The molecular formula is C14H24N4S. The molecule has 0 spiro atoms. The minimum Gasteiger partial charge on any atom is -0.370 e. The highest BCUT2D eigenvalue weighted by Gasteiger charge is 2.30. The lowest BCUT2D eigenvalue weighted by Crippen LogP contribution is -2.38. The van der Waals surface area contributed by atoms with Crippen LogP contribution in [0.1, 0.15) is 51.4 Å². The molecule has 19 heavy (non-hydrogen) atoms. The fourth-order valence-corrected chi connectivity index (χ4v) is 3.13. The number of hydrogen-bond donors (Lipinski definition) is 1. The molecule has 0 radical (unpaired) electrons. The summed E-state index contributed by atoms with van der Waals surface area (Å²) in [5.74, 6) is 1.22. The minimum absolute atomic E-state index is 0.108. The Morgan fingerprint density at radius 1 is 1.47 bits per heavy atom. The number of nitrogens with two attached hydrogens (primary N) is 1. The lowest BCUT2D eigenvalue weighted by Gasteiger charge is -2.26. The van der Waals surface area contributed by atoms with Gasteiger partial charge >= 0.3 is 0 Å². The Kier molecular flexibility index (Phi) is 3.85. The first-order valence-corrected chi connectivity index (χ1v) is 7.69. The Morgan fingerprint density at radius 2 is 2.16 bits per heavy atom. The molecule has 1 aromatic heterocycles. The van der Waals surface area contributed by atoms with Crippen molar-refractivity contribution >= 4 is 17.3 Å². The third kappa shape index (κ3) is 3.08. The van der Waals surface area contributed by atoms with E-state index in [1.165, 1.54) is 5.01 Å². The smallest absolute Gasteiger partial charge is 0.191 e. The molecule has 5 heteroatoms. The van der Waals surface area contributed by atoms with Gasteiger partial charge in [0.1, 0.15) is 0 Å². The summed E-state index contributed by atoms with van der Waals surface area (Å²) in [5, 5.41) is 3.34. The van der Waals surface area contributed by atoms with Crippen LogP contribution in [0.15, 0.2) is 10.4 Å². The van der Waals surface area contributed by atoms with E-state index in [1.54, 1.807) is 11.3 Å². The molecule has 0 amide bonds. The summed E-state index contributed by atoms with van der Waals surface area (Å²) in [6.45, 7) is 12.6. The van der Waals surface area contributed by atoms with E-state index >= 15 is 0 Å². The van der Waals surface area contributed by atoms with Crippen LogP contribution in [0.4, 0.5) is 0 Å². The standard InChI is InChI=1S/C14H24N4S/c1-9(2)7-18-11(6-16-13(18)15)10-8-19-12(17-10)14(3,4)5/h8-9,11H,6-7H2,1-5H3,(H2,15,16). The Morgan fingerprint density at radius 3 is 2.68 bits per heavy atom. The monoisotopic (exact) mass is 280 g/mol. The predicted molar refractivity (Wildman–Crippen MR) is 81.6 cm³/mol. The lowest BCUT2D eigenvalue weighted by molar-refractivity contribution is 0.305. The van der Waals surface area contributed by atoms with Gasteiger partial charge in [-0.3, -0.25) is 4.99 Å². The first-order valence-electron chi connectivity index (χ1n) is 6.81. The van der Waals surface area contributed by atoms with Gasteiger partial charge in [-0.1, -0.05) is 34.6 Å². The van der Waals surface area contributed by atoms with Crippen LogP contribution in [0.3, 0.4) is 0 Å². The highest BCUT2D eigenvalue weighted by atomic mass is 32.1. The normalized spacial score (nSPS) is 20.2. The van der Waals surface area contributed by atoms with Gasteiger partial charge in [0.2, 0.25) is 0 Å². The van der Waals surface area contributed by atoms with Gasteiger partial charge in [-0.05, 0) is 5.92 Å². The van der Waals surface area contributed by atoms with Crippen LogP contribution in [0.25, 0.3) is 0 Å². The summed E-state index contributed by atoms with van der Waals surface area (Å²) in [4.78, 5) is 11.4. The molecule has 0 aliphatic carbocycles. The molecular weight excluding hydrogens is 256 g/mol. The van der Waals surface area contributed by atoms with E-state index in [2.05, 4.69) is 49.9 Å². The zero-order valence-electron chi connectivity index (χ0n) is 12.5. The molecule has 1 aliphatic heterocycles. The summed E-state index contributed by atoms with van der Waals surface area (Å²) in [7, 11) is 0. The van der Waals surface area contributed by atoms with E-state index in [9.17, 15) is 0 Å². The average molecular weight is 280 g/mol. The number of aromatic nitrogens is 1. The zero-order chi connectivity index (χ0) is 14.2. The van der Waals surface area contributed by atoms with Crippen molar-refractivity contribution in [2.24, 2.45) is 16.6 Å². The highest BCUT2D eigenvalue weighted by molar-refractivity contribution is 7.09. The first-order chi connectivity index (χ1) is 8.79. The number of aliphatic imine (C=N–C) groups is 1. The van der Waals surface area contributed by atoms with Crippen LogP contribution in [-0.2, 0) is 5.41 Å². The van der Waals surface area contributed by atoms with E-state index in [0.29, 0.717) is 11.9 Å². The van der Waals surface area contributed by atoms with Gasteiger partial charge in [0, 0.05) is 17.3 Å². The fraction of sp³-hybridized carbons (Fsp3) is 0.714. The third-order valence-corrected chi connectivity index (χ3v) is 4.45. The molecule has 106 valence electrons. The maximum Gasteiger partial charge on any atom is 0.191 e.